The first-order chi connectivity index (χ1) is 12.4. The van der Waals surface area contributed by atoms with Crippen LogP contribution in [0.3, 0.4) is 0 Å². The van der Waals surface area contributed by atoms with Crippen LogP contribution in [0.5, 0.6) is 0 Å². The summed E-state index contributed by atoms with van der Waals surface area (Å²) in [5, 5.41) is 0. The lowest BCUT2D eigenvalue weighted by Crippen LogP contribution is -2.35. The zero-order chi connectivity index (χ0) is 18.7. The molecule has 0 aromatic heterocycles. The highest BCUT2D eigenvalue weighted by molar-refractivity contribution is 9.10. The molecule has 0 unspecified atom stereocenters. The van der Waals surface area contributed by atoms with E-state index < -0.39 is 10.0 Å². The molecule has 1 aromatic rings. The Morgan fingerprint density at radius 3 is 2.38 bits per heavy atom. The molecule has 1 amide bonds. The molecule has 2 saturated heterocycles. The van der Waals surface area contributed by atoms with E-state index in [2.05, 4.69) is 20.8 Å². The topological polar surface area (TPSA) is 60.9 Å². The van der Waals surface area contributed by atoms with Crippen LogP contribution in [0.4, 0.5) is 0 Å². The number of likely N-dealkylation sites (tertiary alicyclic amines) is 1. The molecular weight excluding hydrogens is 418 g/mol. The molecule has 0 bridgehead atoms. The standard InChI is InChI=1S/C18H26BrN3O3S/c1-20(12-13-21-8-2-3-9-21)18(23)16-14-15(6-7-17(16)19)26(24,25)22-10-4-5-11-22/h6-7,14H,2-5,8-13H2,1H3. The highest BCUT2D eigenvalue weighted by Gasteiger charge is 2.28. The van der Waals surface area contributed by atoms with Gasteiger partial charge in [0.15, 0.2) is 0 Å². The van der Waals surface area contributed by atoms with Gasteiger partial charge < -0.3 is 9.80 Å². The molecule has 8 heteroatoms. The van der Waals surface area contributed by atoms with Crippen LogP contribution in [0.1, 0.15) is 36.0 Å². The van der Waals surface area contributed by atoms with Crippen molar-refractivity contribution in [3.8, 4) is 0 Å². The molecule has 2 fully saturated rings. The highest BCUT2D eigenvalue weighted by Crippen LogP contribution is 2.26. The van der Waals surface area contributed by atoms with Gasteiger partial charge in [-0.25, -0.2) is 8.42 Å². The Morgan fingerprint density at radius 1 is 1.12 bits per heavy atom. The summed E-state index contributed by atoms with van der Waals surface area (Å²) in [6.07, 6.45) is 4.22. The van der Waals surface area contributed by atoms with Crippen LogP contribution in [-0.4, -0.2) is 74.7 Å². The first-order valence-corrected chi connectivity index (χ1v) is 11.4. The van der Waals surface area contributed by atoms with Crippen molar-refractivity contribution in [1.82, 2.24) is 14.1 Å². The zero-order valence-electron chi connectivity index (χ0n) is 15.2. The molecule has 0 N–H and O–H groups in total. The smallest absolute Gasteiger partial charge is 0.254 e. The predicted octanol–water partition coefficient (Wildman–Crippen LogP) is 2.40. The molecule has 0 atom stereocenters. The third-order valence-electron chi connectivity index (χ3n) is 5.17. The van der Waals surface area contributed by atoms with Gasteiger partial charge in [-0.2, -0.15) is 4.31 Å². The van der Waals surface area contributed by atoms with E-state index in [0.29, 0.717) is 29.7 Å². The van der Waals surface area contributed by atoms with Crippen molar-refractivity contribution >= 4 is 31.9 Å². The Kier molecular flexibility index (Phi) is 6.37. The number of sulfonamides is 1. The van der Waals surface area contributed by atoms with Crippen molar-refractivity contribution in [3.63, 3.8) is 0 Å². The highest BCUT2D eigenvalue weighted by atomic mass is 79.9. The minimum atomic E-state index is -3.53. The number of hydrogen-bond acceptors (Lipinski definition) is 4. The number of likely N-dealkylation sites (N-methyl/N-ethyl adjacent to an activating group) is 1. The average molecular weight is 444 g/mol. The SMILES string of the molecule is CN(CCN1CCCC1)C(=O)c1cc(S(=O)(=O)N2CCCC2)ccc1Br. The second-order valence-electron chi connectivity index (χ2n) is 7.03. The van der Waals surface area contributed by atoms with Crippen LogP contribution in [0.25, 0.3) is 0 Å². The number of carbonyl (C=O) groups is 1. The van der Waals surface area contributed by atoms with Crippen LogP contribution in [0, 0.1) is 0 Å². The van der Waals surface area contributed by atoms with Crippen molar-refractivity contribution < 1.29 is 13.2 Å². The molecule has 26 heavy (non-hydrogen) atoms. The molecule has 0 aliphatic carbocycles. The molecule has 2 aliphatic heterocycles. The third kappa shape index (κ3) is 4.30. The maximum Gasteiger partial charge on any atom is 0.254 e. The van der Waals surface area contributed by atoms with Gasteiger partial charge >= 0.3 is 0 Å². The Morgan fingerprint density at radius 2 is 1.73 bits per heavy atom. The lowest BCUT2D eigenvalue weighted by Gasteiger charge is -2.22. The number of benzene rings is 1. The number of hydrogen-bond donors (Lipinski definition) is 0. The van der Waals surface area contributed by atoms with E-state index in [9.17, 15) is 13.2 Å². The lowest BCUT2D eigenvalue weighted by atomic mass is 10.2. The van der Waals surface area contributed by atoms with E-state index in [1.165, 1.54) is 23.2 Å². The summed E-state index contributed by atoms with van der Waals surface area (Å²) in [6.45, 7) is 4.78. The minimum absolute atomic E-state index is 0.158. The van der Waals surface area contributed by atoms with Gasteiger partial charge in [0.25, 0.3) is 5.91 Å². The predicted molar refractivity (Wildman–Crippen MR) is 105 cm³/mol. The van der Waals surface area contributed by atoms with Gasteiger partial charge in [0.1, 0.15) is 0 Å². The number of nitrogens with zero attached hydrogens (tertiary/aromatic N) is 3. The van der Waals surface area contributed by atoms with Crippen molar-refractivity contribution in [3.05, 3.63) is 28.2 Å². The van der Waals surface area contributed by atoms with E-state index in [4.69, 9.17) is 0 Å². The van der Waals surface area contributed by atoms with Crippen LogP contribution in [0.15, 0.2) is 27.6 Å². The van der Waals surface area contributed by atoms with Crippen molar-refractivity contribution in [2.75, 3.05) is 46.3 Å². The quantitative estimate of drug-likeness (QED) is 0.676. The maximum atomic E-state index is 12.8. The van der Waals surface area contributed by atoms with Gasteiger partial charge in [-0.1, -0.05) is 0 Å². The molecule has 6 nitrogen and oxygen atoms in total. The maximum absolute atomic E-state index is 12.8. The Labute approximate surface area is 164 Å². The molecule has 2 heterocycles. The number of amides is 1. The van der Waals surface area contributed by atoms with Crippen LogP contribution < -0.4 is 0 Å². The first kappa shape index (κ1) is 19.8. The molecule has 144 valence electrons. The van der Waals surface area contributed by atoms with Crippen LogP contribution in [0.2, 0.25) is 0 Å². The van der Waals surface area contributed by atoms with Gasteiger partial charge in [0, 0.05) is 37.7 Å². The molecular formula is C18H26BrN3O3S. The number of carbonyl (C=O) groups excluding carboxylic acids is 1. The number of halogens is 1. The summed E-state index contributed by atoms with van der Waals surface area (Å²) in [5.74, 6) is -0.158. The lowest BCUT2D eigenvalue weighted by molar-refractivity contribution is 0.0781. The molecule has 1 aromatic carbocycles. The molecule has 0 saturated carbocycles. The van der Waals surface area contributed by atoms with Crippen molar-refractivity contribution in [1.29, 1.82) is 0 Å². The fourth-order valence-corrected chi connectivity index (χ4v) is 5.47. The largest absolute Gasteiger partial charge is 0.340 e. The Bertz CT molecular complexity index is 757. The van der Waals surface area contributed by atoms with Crippen LogP contribution in [-0.2, 0) is 10.0 Å². The summed E-state index contributed by atoms with van der Waals surface area (Å²) in [5.41, 5.74) is 0.397. The fourth-order valence-electron chi connectivity index (χ4n) is 3.51. The van der Waals surface area contributed by atoms with Crippen molar-refractivity contribution in [2.24, 2.45) is 0 Å². The van der Waals surface area contributed by atoms with Gasteiger partial charge in [-0.05, 0) is 72.9 Å². The van der Waals surface area contributed by atoms with Gasteiger partial charge in [0.05, 0.1) is 10.5 Å². The van der Waals surface area contributed by atoms with Gasteiger partial charge in [-0.15, -0.1) is 0 Å². The molecule has 3 rings (SSSR count). The summed E-state index contributed by atoms with van der Waals surface area (Å²) >= 11 is 3.40. The van der Waals surface area contributed by atoms with Crippen LogP contribution >= 0.6 is 15.9 Å². The van der Waals surface area contributed by atoms with E-state index >= 15 is 0 Å². The molecule has 0 spiro atoms. The van der Waals surface area contributed by atoms with Gasteiger partial charge in [0.2, 0.25) is 10.0 Å². The van der Waals surface area contributed by atoms with E-state index in [0.717, 1.165) is 32.5 Å². The molecule has 0 radical (unpaired) electrons. The summed E-state index contributed by atoms with van der Waals surface area (Å²) in [6, 6.07) is 4.73. The number of rotatable bonds is 6. The normalized spacial score (nSPS) is 19.2. The van der Waals surface area contributed by atoms with Gasteiger partial charge in [-0.3, -0.25) is 4.79 Å². The summed E-state index contributed by atoms with van der Waals surface area (Å²) in [4.78, 5) is 17.1. The molecule has 2 aliphatic rings. The van der Waals surface area contributed by atoms with E-state index in [-0.39, 0.29) is 10.8 Å². The Hall–Kier alpha value is -0.960. The fraction of sp³-hybridized carbons (Fsp3) is 0.611. The first-order valence-electron chi connectivity index (χ1n) is 9.17. The Balaban J connectivity index is 1.74. The second-order valence-corrected chi connectivity index (χ2v) is 9.82. The van der Waals surface area contributed by atoms with Crippen molar-refractivity contribution in [2.45, 2.75) is 30.6 Å². The average Bonchev–Trinajstić information content (AvgIpc) is 3.33. The monoisotopic (exact) mass is 443 g/mol. The summed E-state index contributed by atoms with van der Waals surface area (Å²) in [7, 11) is -1.76. The minimum Gasteiger partial charge on any atom is -0.340 e. The second kappa shape index (κ2) is 8.37. The third-order valence-corrected chi connectivity index (χ3v) is 7.75. The summed E-state index contributed by atoms with van der Waals surface area (Å²) < 4.78 is 27.7. The zero-order valence-corrected chi connectivity index (χ0v) is 17.6. The van der Waals surface area contributed by atoms with E-state index in [1.807, 2.05) is 0 Å². The van der Waals surface area contributed by atoms with E-state index in [1.54, 1.807) is 24.1 Å².